The van der Waals surface area contributed by atoms with Crippen molar-refractivity contribution >= 4 is 11.5 Å². The molecule has 0 aliphatic heterocycles. The molecule has 32 heavy (non-hydrogen) atoms. The zero-order valence-corrected chi connectivity index (χ0v) is 16.7. The van der Waals surface area contributed by atoms with Crippen LogP contribution in [0.5, 0.6) is 0 Å². The van der Waals surface area contributed by atoms with Gasteiger partial charge in [0, 0.05) is 16.9 Å². The summed E-state index contributed by atoms with van der Waals surface area (Å²) in [5.74, 6) is -0.553. The summed E-state index contributed by atoms with van der Waals surface area (Å²) in [7, 11) is 0. The lowest BCUT2D eigenvalue weighted by molar-refractivity contribution is -0.293. The number of aromatic amines is 1. The number of alkyl halides is 6. The Bertz CT molecular complexity index is 1180. The van der Waals surface area contributed by atoms with Gasteiger partial charge >= 0.3 is 12.4 Å². The van der Waals surface area contributed by atoms with Crippen molar-refractivity contribution in [2.75, 3.05) is 5.32 Å². The van der Waals surface area contributed by atoms with Crippen LogP contribution in [0.3, 0.4) is 0 Å². The third kappa shape index (κ3) is 3.78. The van der Waals surface area contributed by atoms with Gasteiger partial charge in [-0.1, -0.05) is 30.3 Å². The molecule has 2 N–H and O–H groups in total. The van der Waals surface area contributed by atoms with Crippen LogP contribution in [0.25, 0.3) is 5.69 Å². The number of aryl methyl sites for hydroxylation is 1. The summed E-state index contributed by atoms with van der Waals surface area (Å²) in [5.41, 5.74) is -9.09. The molecule has 170 valence electrons. The Morgan fingerprint density at radius 3 is 2.06 bits per heavy atom. The largest absolute Gasteiger partial charge is 0.425 e. The van der Waals surface area contributed by atoms with E-state index >= 15 is 0 Å². The maximum atomic E-state index is 14.3. The van der Waals surface area contributed by atoms with Crippen LogP contribution in [0, 0.1) is 6.92 Å². The lowest BCUT2D eigenvalue weighted by atomic mass is 9.87. The number of anilines is 1. The highest BCUT2D eigenvalue weighted by Gasteiger charge is 2.74. The molecular weight excluding hydrogens is 440 g/mol. The summed E-state index contributed by atoms with van der Waals surface area (Å²) < 4.78 is 86.2. The molecule has 3 rings (SSSR count). The topological polar surface area (TPSA) is 66.9 Å². The maximum absolute atomic E-state index is 14.3. The van der Waals surface area contributed by atoms with E-state index in [1.54, 1.807) is 6.07 Å². The molecule has 11 heteroatoms. The van der Waals surface area contributed by atoms with Gasteiger partial charge in [0.05, 0.1) is 11.3 Å². The van der Waals surface area contributed by atoms with E-state index in [-0.39, 0.29) is 11.3 Å². The average Bonchev–Trinajstić information content (AvgIpc) is 2.99. The third-order valence-electron chi connectivity index (χ3n) is 4.91. The Labute approximate surface area is 177 Å². The zero-order chi connectivity index (χ0) is 23.9. The molecule has 1 aromatic heterocycles. The van der Waals surface area contributed by atoms with E-state index < -0.39 is 46.2 Å². The molecule has 0 radical (unpaired) electrons. The lowest BCUT2D eigenvalue weighted by Gasteiger charge is -2.38. The van der Waals surface area contributed by atoms with E-state index in [4.69, 9.17) is 0 Å². The number of hydrogen-bond acceptors (Lipinski definition) is 3. The van der Waals surface area contributed by atoms with Crippen LogP contribution in [-0.2, 0) is 5.54 Å². The fraction of sp³-hybridized carbons (Fsp3) is 0.238. The second kappa shape index (κ2) is 7.88. The highest BCUT2D eigenvalue weighted by Crippen LogP contribution is 2.52. The predicted molar refractivity (Wildman–Crippen MR) is 105 cm³/mol. The quantitative estimate of drug-likeness (QED) is 0.414. The smallest absolute Gasteiger partial charge is 0.360 e. The maximum Gasteiger partial charge on any atom is 0.425 e. The van der Waals surface area contributed by atoms with Crippen molar-refractivity contribution in [1.29, 1.82) is 0 Å². The van der Waals surface area contributed by atoms with Gasteiger partial charge in [0.25, 0.3) is 11.1 Å². The summed E-state index contributed by atoms with van der Waals surface area (Å²) >= 11 is 0. The first-order valence-corrected chi connectivity index (χ1v) is 9.20. The Morgan fingerprint density at radius 1 is 0.938 bits per heavy atom. The van der Waals surface area contributed by atoms with Gasteiger partial charge in [0.2, 0.25) is 0 Å². The van der Waals surface area contributed by atoms with Crippen molar-refractivity contribution < 1.29 is 31.1 Å². The Kier molecular flexibility index (Phi) is 5.71. The van der Waals surface area contributed by atoms with E-state index in [1.807, 2.05) is 0 Å². The number of ketones is 1. The van der Waals surface area contributed by atoms with Crippen molar-refractivity contribution in [3.8, 4) is 5.69 Å². The third-order valence-corrected chi connectivity index (χ3v) is 4.91. The van der Waals surface area contributed by atoms with Gasteiger partial charge < -0.3 is 5.32 Å². The first kappa shape index (κ1) is 23.2. The average molecular weight is 457 g/mol. The van der Waals surface area contributed by atoms with Gasteiger partial charge in [-0.05, 0) is 38.1 Å². The first-order valence-electron chi connectivity index (χ1n) is 9.20. The van der Waals surface area contributed by atoms with Crippen molar-refractivity contribution in [2.45, 2.75) is 31.7 Å². The van der Waals surface area contributed by atoms with Crippen LogP contribution in [0.1, 0.15) is 28.5 Å². The van der Waals surface area contributed by atoms with Crippen LogP contribution in [0.2, 0.25) is 0 Å². The summed E-state index contributed by atoms with van der Waals surface area (Å²) in [6.07, 6.45) is -11.9. The second-order valence-electron chi connectivity index (χ2n) is 7.10. The Hall–Kier alpha value is -3.50. The molecule has 0 aliphatic carbocycles. The van der Waals surface area contributed by atoms with Crippen molar-refractivity contribution in [3.63, 3.8) is 0 Å². The number of benzene rings is 2. The highest BCUT2D eigenvalue weighted by atomic mass is 19.4. The number of nitrogens with one attached hydrogen (secondary N) is 2. The molecule has 1 heterocycles. The zero-order valence-electron chi connectivity index (χ0n) is 16.7. The van der Waals surface area contributed by atoms with Crippen LogP contribution in [0.15, 0.2) is 59.4 Å². The van der Waals surface area contributed by atoms with E-state index in [1.165, 1.54) is 35.6 Å². The van der Waals surface area contributed by atoms with E-state index in [2.05, 4.69) is 5.10 Å². The van der Waals surface area contributed by atoms with Crippen molar-refractivity contribution in [1.82, 2.24) is 9.78 Å². The molecule has 0 aliphatic rings. The van der Waals surface area contributed by atoms with Gasteiger partial charge in [-0.15, -0.1) is 0 Å². The molecular formula is C21H17F6N3O2. The summed E-state index contributed by atoms with van der Waals surface area (Å²) in [6.45, 7) is 2.07. The van der Waals surface area contributed by atoms with Gasteiger partial charge in [0.1, 0.15) is 0 Å². The van der Waals surface area contributed by atoms with Crippen molar-refractivity contribution in [3.05, 3.63) is 81.8 Å². The molecule has 0 unspecified atom stereocenters. The first-order chi connectivity index (χ1) is 14.8. The van der Waals surface area contributed by atoms with Crippen LogP contribution in [-0.4, -0.2) is 27.9 Å². The minimum atomic E-state index is -5.97. The number of halogens is 6. The molecule has 0 amide bonds. The molecule has 5 nitrogen and oxygen atoms in total. The van der Waals surface area contributed by atoms with Crippen LogP contribution < -0.4 is 10.9 Å². The monoisotopic (exact) mass is 457 g/mol. The number of nitrogens with zero attached hydrogens (tertiary/aromatic N) is 1. The summed E-state index contributed by atoms with van der Waals surface area (Å²) in [6, 6.07) is 11.4. The number of para-hydroxylation sites is 1. The molecule has 0 saturated carbocycles. The number of rotatable bonds is 5. The predicted octanol–water partition coefficient (Wildman–Crippen LogP) is 5.11. The van der Waals surface area contributed by atoms with Crippen LogP contribution >= 0.6 is 0 Å². The van der Waals surface area contributed by atoms with Crippen molar-refractivity contribution in [2.24, 2.45) is 0 Å². The normalized spacial score (nSPS) is 12.6. The standard InChI is InChI=1S/C21H17F6N3O2/c1-12-17(18(32)30(29-12)16-9-4-3-5-10-16)19(20(22,23)24,21(25,26)27)28-15-8-6-7-14(11-15)13(2)31/h3-11,28-29H,1-2H3. The Balaban J connectivity index is 2.33. The van der Waals surface area contributed by atoms with E-state index in [9.17, 15) is 35.9 Å². The number of carbonyl (C=O) groups is 1. The molecule has 0 bridgehead atoms. The summed E-state index contributed by atoms with van der Waals surface area (Å²) in [4.78, 5) is 24.5. The Morgan fingerprint density at radius 2 is 1.53 bits per heavy atom. The highest BCUT2D eigenvalue weighted by molar-refractivity contribution is 5.95. The fourth-order valence-electron chi connectivity index (χ4n) is 3.43. The number of hydrogen-bond donors (Lipinski definition) is 2. The molecule has 0 saturated heterocycles. The van der Waals surface area contributed by atoms with Gasteiger partial charge in [-0.2, -0.15) is 26.3 Å². The fourth-order valence-corrected chi connectivity index (χ4v) is 3.43. The number of H-pyrrole nitrogens is 1. The van der Waals surface area contributed by atoms with Gasteiger partial charge in [-0.25, -0.2) is 4.68 Å². The number of carbonyl (C=O) groups excluding carboxylic acids is 1. The second-order valence-corrected chi connectivity index (χ2v) is 7.10. The summed E-state index contributed by atoms with van der Waals surface area (Å²) in [5, 5.41) is 3.80. The molecule has 0 fully saturated rings. The lowest BCUT2D eigenvalue weighted by Crippen LogP contribution is -2.61. The SMILES string of the molecule is CC(=O)c1cccc(NC(c2c(C)[nH]n(-c3ccccc3)c2=O)(C(F)(F)F)C(F)(F)F)c1. The van der Waals surface area contributed by atoms with Gasteiger partial charge in [-0.3, -0.25) is 14.7 Å². The number of Topliss-reactive ketones (excluding diaryl/α,β-unsaturated/α-hetero) is 1. The minimum absolute atomic E-state index is 0.0590. The minimum Gasteiger partial charge on any atom is -0.360 e. The molecule has 3 aromatic rings. The molecule has 0 atom stereocenters. The van der Waals surface area contributed by atoms with E-state index in [0.29, 0.717) is 4.68 Å². The van der Waals surface area contributed by atoms with Crippen LogP contribution in [0.4, 0.5) is 32.0 Å². The molecule has 0 spiro atoms. The van der Waals surface area contributed by atoms with E-state index in [0.717, 1.165) is 32.0 Å². The molecule has 2 aromatic carbocycles. The van der Waals surface area contributed by atoms with Gasteiger partial charge in [0.15, 0.2) is 5.78 Å². The number of aromatic nitrogens is 2.